The third-order valence-corrected chi connectivity index (χ3v) is 12.2. The average Bonchev–Trinajstić information content (AvgIpc) is 3.59. The van der Waals surface area contributed by atoms with Crippen molar-refractivity contribution in [2.75, 3.05) is 65.6 Å². The molecule has 4 heterocycles. The van der Waals surface area contributed by atoms with E-state index >= 15 is 0 Å². The van der Waals surface area contributed by atoms with Crippen LogP contribution in [0.3, 0.4) is 0 Å². The number of hydrogen-bond donors (Lipinski definition) is 1. The summed E-state index contributed by atoms with van der Waals surface area (Å²) in [7, 11) is 0. The average molecular weight is 605 g/mol. The van der Waals surface area contributed by atoms with Crippen LogP contribution in [-0.4, -0.2) is 130 Å². The molecule has 4 aliphatic rings. The Morgan fingerprint density at radius 3 is 2.36 bits per heavy atom. The normalized spacial score (nSPS) is 32.0. The SMILES string of the molecule is C=CCN(CCN1CCOCC1)C(=O)C1N([C@@H](CO)[C@@H](C)CC)C(=O)[C@@H]2[C@@H](C(=O)N(CC=C)CCC)[C@H]3CC(C)C12S3. The first kappa shape index (κ1) is 33.0. The molecule has 42 heavy (non-hydrogen) atoms. The number of thioether (sulfide) groups is 1. The van der Waals surface area contributed by atoms with Crippen LogP contribution in [0.15, 0.2) is 25.3 Å². The standard InChI is InChI=1S/C32H52N4O5S/c1-7-11-34(12-8-2)29(38)26-25-20-23(6)32(42-25)27(26)30(39)36(24(21-37)22(5)10-4)28(32)31(40)35(13-9-3)15-14-33-16-18-41-19-17-33/h7,9,22-28,37H,1,3,8,10-21H2,2,4-6H3/t22-,23?,24-,25+,26-,27-,28?,32?/m0/s1. The van der Waals surface area contributed by atoms with Gasteiger partial charge in [0.05, 0.1) is 42.4 Å². The molecule has 3 amide bonds. The highest BCUT2D eigenvalue weighted by Crippen LogP contribution is 2.69. The van der Waals surface area contributed by atoms with Gasteiger partial charge in [-0.05, 0) is 24.7 Å². The van der Waals surface area contributed by atoms with Crippen molar-refractivity contribution in [3.05, 3.63) is 25.3 Å². The summed E-state index contributed by atoms with van der Waals surface area (Å²) in [5.74, 6) is -1.25. The zero-order chi connectivity index (χ0) is 30.6. The van der Waals surface area contributed by atoms with Crippen molar-refractivity contribution in [2.45, 2.75) is 69.0 Å². The summed E-state index contributed by atoms with van der Waals surface area (Å²) in [6.07, 6.45) is 5.86. The molecule has 0 aromatic carbocycles. The number of carbonyl (C=O) groups excluding carboxylic acids is 3. The molecule has 2 bridgehead atoms. The fourth-order valence-electron chi connectivity index (χ4n) is 7.83. The van der Waals surface area contributed by atoms with Gasteiger partial charge in [-0.1, -0.05) is 46.3 Å². The van der Waals surface area contributed by atoms with E-state index in [0.29, 0.717) is 39.4 Å². The maximum absolute atomic E-state index is 14.8. The van der Waals surface area contributed by atoms with E-state index in [4.69, 9.17) is 4.74 Å². The van der Waals surface area contributed by atoms with Crippen LogP contribution in [0.25, 0.3) is 0 Å². The molecule has 4 fully saturated rings. The van der Waals surface area contributed by atoms with Gasteiger partial charge in [0.15, 0.2) is 0 Å². The Labute approximate surface area is 256 Å². The number of aliphatic hydroxyl groups excluding tert-OH is 1. The van der Waals surface area contributed by atoms with Crippen molar-refractivity contribution in [2.24, 2.45) is 23.7 Å². The van der Waals surface area contributed by atoms with Gasteiger partial charge in [0, 0.05) is 51.1 Å². The van der Waals surface area contributed by atoms with Crippen molar-refractivity contribution in [3.8, 4) is 0 Å². The lowest BCUT2D eigenvalue weighted by molar-refractivity contribution is -0.148. The zero-order valence-corrected chi connectivity index (χ0v) is 26.9. The predicted octanol–water partition coefficient (Wildman–Crippen LogP) is 2.50. The number of aliphatic hydroxyl groups is 1. The number of fused-ring (bicyclic) bond motifs is 1. The molecule has 0 aromatic heterocycles. The third kappa shape index (κ3) is 5.81. The fraction of sp³-hybridized carbons (Fsp3) is 0.781. The lowest BCUT2D eigenvalue weighted by Crippen LogP contribution is -2.60. The number of amides is 3. The molecule has 0 saturated carbocycles. The van der Waals surface area contributed by atoms with E-state index in [2.05, 4.69) is 25.0 Å². The summed E-state index contributed by atoms with van der Waals surface area (Å²) in [6.45, 7) is 21.5. The molecule has 10 heteroatoms. The second-order valence-corrected chi connectivity index (χ2v) is 14.1. The zero-order valence-electron chi connectivity index (χ0n) is 26.1. The van der Waals surface area contributed by atoms with Gasteiger partial charge in [0.1, 0.15) is 6.04 Å². The Bertz CT molecular complexity index is 1010. The van der Waals surface area contributed by atoms with Crippen molar-refractivity contribution in [3.63, 3.8) is 0 Å². The Morgan fingerprint density at radius 1 is 1.14 bits per heavy atom. The Morgan fingerprint density at radius 2 is 1.79 bits per heavy atom. The number of carbonyl (C=O) groups is 3. The Balaban J connectivity index is 1.75. The Hall–Kier alpha value is -1.88. The van der Waals surface area contributed by atoms with E-state index in [1.165, 1.54) is 0 Å². The van der Waals surface area contributed by atoms with Gasteiger partial charge in [-0.15, -0.1) is 24.9 Å². The van der Waals surface area contributed by atoms with Gasteiger partial charge in [-0.3, -0.25) is 19.3 Å². The fourth-order valence-corrected chi connectivity index (χ4v) is 10.2. The first-order chi connectivity index (χ1) is 20.2. The Kier molecular flexibility index (Phi) is 11.2. The number of hydrogen-bond acceptors (Lipinski definition) is 7. The predicted molar refractivity (Wildman–Crippen MR) is 167 cm³/mol. The monoisotopic (exact) mass is 604 g/mol. The van der Waals surface area contributed by atoms with Crippen LogP contribution in [0.1, 0.15) is 47.0 Å². The van der Waals surface area contributed by atoms with Crippen LogP contribution in [0.4, 0.5) is 0 Å². The van der Waals surface area contributed by atoms with Gasteiger partial charge >= 0.3 is 0 Å². The number of ether oxygens (including phenoxy) is 1. The van der Waals surface area contributed by atoms with Crippen molar-refractivity contribution in [1.29, 1.82) is 0 Å². The molecular formula is C32H52N4O5S. The van der Waals surface area contributed by atoms with E-state index in [9.17, 15) is 19.5 Å². The van der Waals surface area contributed by atoms with Crippen LogP contribution >= 0.6 is 11.8 Å². The maximum Gasteiger partial charge on any atom is 0.247 e. The second kappa shape index (κ2) is 14.3. The van der Waals surface area contributed by atoms with E-state index in [1.807, 2.05) is 30.6 Å². The molecule has 8 atom stereocenters. The van der Waals surface area contributed by atoms with Crippen LogP contribution in [0.5, 0.6) is 0 Å². The first-order valence-corrected chi connectivity index (χ1v) is 16.8. The smallest absolute Gasteiger partial charge is 0.247 e. The van der Waals surface area contributed by atoms with E-state index in [-0.39, 0.29) is 41.4 Å². The van der Waals surface area contributed by atoms with E-state index in [0.717, 1.165) is 38.9 Å². The molecule has 4 rings (SSSR count). The van der Waals surface area contributed by atoms with Crippen LogP contribution < -0.4 is 0 Å². The number of likely N-dealkylation sites (tertiary alicyclic amines) is 1. The highest BCUT2D eigenvalue weighted by Gasteiger charge is 2.77. The number of rotatable bonds is 15. The molecule has 9 nitrogen and oxygen atoms in total. The van der Waals surface area contributed by atoms with Gasteiger partial charge < -0.3 is 24.5 Å². The molecule has 0 aliphatic carbocycles. The molecule has 3 unspecified atom stereocenters. The summed E-state index contributed by atoms with van der Waals surface area (Å²) in [4.78, 5) is 51.4. The summed E-state index contributed by atoms with van der Waals surface area (Å²) < 4.78 is 4.79. The van der Waals surface area contributed by atoms with Crippen LogP contribution in [-0.2, 0) is 19.1 Å². The maximum atomic E-state index is 14.8. The molecule has 0 radical (unpaired) electrons. The lowest BCUT2D eigenvalue weighted by Gasteiger charge is -2.43. The van der Waals surface area contributed by atoms with Crippen LogP contribution in [0.2, 0.25) is 0 Å². The summed E-state index contributed by atoms with van der Waals surface area (Å²) in [6, 6.07) is -1.24. The molecule has 0 aromatic rings. The molecular weight excluding hydrogens is 552 g/mol. The van der Waals surface area contributed by atoms with Crippen molar-refractivity contribution >= 4 is 29.5 Å². The minimum Gasteiger partial charge on any atom is -0.394 e. The highest BCUT2D eigenvalue weighted by molar-refractivity contribution is 8.02. The summed E-state index contributed by atoms with van der Waals surface area (Å²) in [5, 5.41) is 10.7. The van der Waals surface area contributed by atoms with E-state index < -0.39 is 28.7 Å². The van der Waals surface area contributed by atoms with Gasteiger partial charge in [0.2, 0.25) is 17.7 Å². The molecule has 4 saturated heterocycles. The largest absolute Gasteiger partial charge is 0.394 e. The van der Waals surface area contributed by atoms with Gasteiger partial charge in [-0.25, -0.2) is 0 Å². The lowest BCUT2D eigenvalue weighted by atomic mass is 9.65. The number of morpholine rings is 1. The van der Waals surface area contributed by atoms with Crippen molar-refractivity contribution < 1.29 is 24.2 Å². The molecule has 1 N–H and O–H groups in total. The summed E-state index contributed by atoms with van der Waals surface area (Å²) >= 11 is 1.70. The highest BCUT2D eigenvalue weighted by atomic mass is 32.2. The molecule has 236 valence electrons. The topological polar surface area (TPSA) is 93.6 Å². The summed E-state index contributed by atoms with van der Waals surface area (Å²) in [5.41, 5.74) is 0. The minimum absolute atomic E-state index is 0.00491. The molecule has 4 aliphatic heterocycles. The minimum atomic E-state index is -0.743. The van der Waals surface area contributed by atoms with Gasteiger partial charge in [-0.2, -0.15) is 0 Å². The third-order valence-electron chi connectivity index (χ3n) is 10.2. The van der Waals surface area contributed by atoms with Crippen molar-refractivity contribution in [1.82, 2.24) is 19.6 Å². The molecule has 1 spiro atoms. The number of nitrogens with zero attached hydrogens (tertiary/aromatic N) is 4. The first-order valence-electron chi connectivity index (χ1n) is 15.9. The van der Waals surface area contributed by atoms with Crippen LogP contribution in [0, 0.1) is 23.7 Å². The van der Waals surface area contributed by atoms with E-state index in [1.54, 1.807) is 28.8 Å². The van der Waals surface area contributed by atoms with Gasteiger partial charge in [0.25, 0.3) is 0 Å². The quantitative estimate of drug-likeness (QED) is 0.287. The second-order valence-electron chi connectivity index (χ2n) is 12.5.